The van der Waals surface area contributed by atoms with Gasteiger partial charge < -0.3 is 5.11 Å². The van der Waals surface area contributed by atoms with E-state index < -0.39 is 6.10 Å². The average Bonchev–Trinajstić information content (AvgIpc) is 2.22. The fraction of sp³-hybridized carbons (Fsp3) is 0.538. The summed E-state index contributed by atoms with van der Waals surface area (Å²) in [6, 6.07) is 4.77. The lowest BCUT2D eigenvalue weighted by Crippen LogP contribution is -2.05. The van der Waals surface area contributed by atoms with Gasteiger partial charge in [0.25, 0.3) is 0 Å². The minimum absolute atomic E-state index is 0.320. The molecule has 0 radical (unpaired) electrons. The second-order valence-electron chi connectivity index (χ2n) is 4.29. The highest BCUT2D eigenvalue weighted by atomic mass is 79.9. The molecule has 0 spiro atoms. The molecule has 1 rings (SSSR count). The predicted molar refractivity (Wildman–Crippen MR) is 67.7 cm³/mol. The molecule has 1 nitrogen and oxygen atoms in total. The molecule has 0 bridgehead atoms. The summed E-state index contributed by atoms with van der Waals surface area (Å²) in [6.45, 7) is 4.24. The van der Waals surface area contributed by atoms with Crippen LogP contribution in [0.2, 0.25) is 0 Å². The number of aliphatic hydroxyl groups excluding tert-OH is 1. The number of benzene rings is 1. The summed E-state index contributed by atoms with van der Waals surface area (Å²) in [5, 5.41) is 10.0. The molecule has 2 unspecified atom stereocenters. The first kappa shape index (κ1) is 13.7. The zero-order valence-corrected chi connectivity index (χ0v) is 11.3. The van der Waals surface area contributed by atoms with Crippen LogP contribution in [-0.2, 0) is 0 Å². The molecule has 0 aliphatic carbocycles. The molecule has 2 atom stereocenters. The van der Waals surface area contributed by atoms with Gasteiger partial charge in [0.05, 0.1) is 10.6 Å². The summed E-state index contributed by atoms with van der Waals surface area (Å²) in [7, 11) is 0. The number of hydrogen-bond acceptors (Lipinski definition) is 1. The first-order valence-electron chi connectivity index (χ1n) is 5.68. The minimum atomic E-state index is -0.591. The Balaban J connectivity index is 2.72. The van der Waals surface area contributed by atoms with E-state index in [1.807, 2.05) is 0 Å². The standard InChI is InChI=1S/C13H18BrFO/c1-3-5-9(2)8-12(16)10-6-4-7-11(15)13(10)14/h4,6-7,9,12,16H,3,5,8H2,1-2H3. The molecule has 16 heavy (non-hydrogen) atoms. The summed E-state index contributed by atoms with van der Waals surface area (Å²) in [4.78, 5) is 0. The lowest BCUT2D eigenvalue weighted by molar-refractivity contribution is 0.144. The van der Waals surface area contributed by atoms with Gasteiger partial charge in [-0.2, -0.15) is 0 Å². The largest absolute Gasteiger partial charge is 0.388 e. The van der Waals surface area contributed by atoms with Gasteiger partial charge in [-0.1, -0.05) is 38.8 Å². The van der Waals surface area contributed by atoms with Crippen LogP contribution in [0.15, 0.2) is 22.7 Å². The van der Waals surface area contributed by atoms with Crippen molar-refractivity contribution in [1.82, 2.24) is 0 Å². The Bertz CT molecular complexity index is 341. The van der Waals surface area contributed by atoms with Crippen molar-refractivity contribution in [3.8, 4) is 0 Å². The van der Waals surface area contributed by atoms with E-state index in [1.54, 1.807) is 12.1 Å². The summed E-state index contributed by atoms with van der Waals surface area (Å²) < 4.78 is 13.6. The molecule has 3 heteroatoms. The van der Waals surface area contributed by atoms with Gasteiger partial charge in [-0.15, -0.1) is 0 Å². The Labute approximate surface area is 105 Å². The molecule has 1 N–H and O–H groups in total. The van der Waals surface area contributed by atoms with Gasteiger partial charge in [-0.3, -0.25) is 0 Å². The van der Waals surface area contributed by atoms with E-state index in [4.69, 9.17) is 0 Å². The Morgan fingerprint density at radius 2 is 2.12 bits per heavy atom. The van der Waals surface area contributed by atoms with Crippen molar-refractivity contribution in [3.05, 3.63) is 34.1 Å². The number of hydrogen-bond donors (Lipinski definition) is 1. The molecule has 1 aromatic carbocycles. The van der Waals surface area contributed by atoms with Crippen LogP contribution in [-0.4, -0.2) is 5.11 Å². The van der Waals surface area contributed by atoms with E-state index in [-0.39, 0.29) is 5.82 Å². The van der Waals surface area contributed by atoms with Crippen molar-refractivity contribution in [1.29, 1.82) is 0 Å². The molecule has 0 aliphatic rings. The normalized spacial score (nSPS) is 14.8. The van der Waals surface area contributed by atoms with Crippen LogP contribution in [0.5, 0.6) is 0 Å². The van der Waals surface area contributed by atoms with E-state index in [0.29, 0.717) is 22.4 Å². The van der Waals surface area contributed by atoms with Crippen molar-refractivity contribution in [2.45, 2.75) is 39.2 Å². The van der Waals surface area contributed by atoms with Crippen LogP contribution < -0.4 is 0 Å². The zero-order chi connectivity index (χ0) is 12.1. The highest BCUT2D eigenvalue weighted by molar-refractivity contribution is 9.10. The summed E-state index contributed by atoms with van der Waals surface area (Å²) in [6.07, 6.45) is 2.28. The quantitative estimate of drug-likeness (QED) is 0.849. The van der Waals surface area contributed by atoms with Crippen molar-refractivity contribution >= 4 is 15.9 Å². The SMILES string of the molecule is CCCC(C)CC(O)c1cccc(F)c1Br. The van der Waals surface area contributed by atoms with Gasteiger partial charge in [0.1, 0.15) is 5.82 Å². The lowest BCUT2D eigenvalue weighted by Gasteiger charge is -2.17. The van der Waals surface area contributed by atoms with Crippen molar-refractivity contribution in [2.24, 2.45) is 5.92 Å². The van der Waals surface area contributed by atoms with Crippen LogP contribution in [0, 0.1) is 11.7 Å². The molecule has 1 aromatic rings. The van der Waals surface area contributed by atoms with Crippen LogP contribution in [0.25, 0.3) is 0 Å². The van der Waals surface area contributed by atoms with Crippen LogP contribution in [0.1, 0.15) is 44.8 Å². The van der Waals surface area contributed by atoms with Crippen molar-refractivity contribution < 1.29 is 9.50 Å². The van der Waals surface area contributed by atoms with E-state index in [9.17, 15) is 9.50 Å². The topological polar surface area (TPSA) is 20.2 Å². The summed E-state index contributed by atoms with van der Waals surface area (Å²) >= 11 is 3.17. The van der Waals surface area contributed by atoms with Gasteiger partial charge in [-0.05, 0) is 39.9 Å². The average molecular weight is 289 g/mol. The summed E-state index contributed by atoms with van der Waals surface area (Å²) in [5.74, 6) is 0.134. The zero-order valence-electron chi connectivity index (χ0n) is 9.71. The second-order valence-corrected chi connectivity index (χ2v) is 5.08. The number of halogens is 2. The van der Waals surface area contributed by atoms with E-state index >= 15 is 0 Å². The molecule has 0 aromatic heterocycles. The fourth-order valence-corrected chi connectivity index (χ4v) is 2.43. The van der Waals surface area contributed by atoms with Gasteiger partial charge in [0.2, 0.25) is 0 Å². The maximum atomic E-state index is 13.3. The monoisotopic (exact) mass is 288 g/mol. The summed E-state index contributed by atoms with van der Waals surface area (Å²) in [5.41, 5.74) is 0.642. The Morgan fingerprint density at radius 1 is 1.44 bits per heavy atom. The molecule has 0 fully saturated rings. The lowest BCUT2D eigenvalue weighted by atomic mass is 9.95. The predicted octanol–water partition coefficient (Wildman–Crippen LogP) is 4.45. The molecule has 0 saturated heterocycles. The van der Waals surface area contributed by atoms with Crippen molar-refractivity contribution in [3.63, 3.8) is 0 Å². The first-order chi connectivity index (χ1) is 7.56. The smallest absolute Gasteiger partial charge is 0.137 e. The number of rotatable bonds is 5. The van der Waals surface area contributed by atoms with E-state index in [1.165, 1.54) is 6.07 Å². The van der Waals surface area contributed by atoms with Crippen LogP contribution in [0.3, 0.4) is 0 Å². The van der Waals surface area contributed by atoms with E-state index in [0.717, 1.165) is 12.8 Å². The maximum Gasteiger partial charge on any atom is 0.137 e. The van der Waals surface area contributed by atoms with E-state index in [2.05, 4.69) is 29.8 Å². The first-order valence-corrected chi connectivity index (χ1v) is 6.47. The Morgan fingerprint density at radius 3 is 2.75 bits per heavy atom. The van der Waals surface area contributed by atoms with Gasteiger partial charge >= 0.3 is 0 Å². The fourth-order valence-electron chi connectivity index (χ4n) is 1.90. The molecule has 90 valence electrons. The molecular formula is C13H18BrFO. The molecule has 0 amide bonds. The number of aliphatic hydroxyl groups is 1. The molecule has 0 heterocycles. The molecular weight excluding hydrogens is 271 g/mol. The molecule has 0 saturated carbocycles. The highest BCUT2D eigenvalue weighted by Gasteiger charge is 2.16. The van der Waals surface area contributed by atoms with Gasteiger partial charge in [0, 0.05) is 0 Å². The second kappa shape index (κ2) is 6.36. The van der Waals surface area contributed by atoms with Gasteiger partial charge in [-0.25, -0.2) is 4.39 Å². The third-order valence-corrected chi connectivity index (χ3v) is 3.58. The Kier molecular flexibility index (Phi) is 5.42. The maximum absolute atomic E-state index is 13.3. The van der Waals surface area contributed by atoms with Crippen molar-refractivity contribution in [2.75, 3.05) is 0 Å². The third kappa shape index (κ3) is 3.56. The highest BCUT2D eigenvalue weighted by Crippen LogP contribution is 2.30. The van der Waals surface area contributed by atoms with Crippen LogP contribution in [0.4, 0.5) is 4.39 Å². The Hall–Kier alpha value is -0.410. The molecule has 0 aliphatic heterocycles. The minimum Gasteiger partial charge on any atom is -0.388 e. The third-order valence-electron chi connectivity index (χ3n) is 2.75. The van der Waals surface area contributed by atoms with Gasteiger partial charge in [0.15, 0.2) is 0 Å². The van der Waals surface area contributed by atoms with Crippen LogP contribution >= 0.6 is 15.9 Å².